The van der Waals surface area contributed by atoms with E-state index in [1.807, 2.05) is 11.3 Å². The lowest BCUT2D eigenvalue weighted by Gasteiger charge is -2.45. The lowest BCUT2D eigenvalue weighted by atomic mass is 9.64. The first-order valence-electron chi connectivity index (χ1n) is 23.6. The van der Waals surface area contributed by atoms with Gasteiger partial charge in [0.25, 0.3) is 0 Å². The monoisotopic (exact) mass is 898 g/mol. The quantitative estimate of drug-likeness (QED) is 0.159. The molecule has 1 spiro atoms. The zero-order valence-electron chi connectivity index (χ0n) is 37.5. The maximum atomic E-state index is 7.05. The van der Waals surface area contributed by atoms with Crippen molar-refractivity contribution in [1.82, 2.24) is 0 Å². The molecule has 2 aromatic heterocycles. The van der Waals surface area contributed by atoms with Gasteiger partial charge in [0.15, 0.2) is 0 Å². The van der Waals surface area contributed by atoms with Crippen molar-refractivity contribution in [2.24, 2.45) is 0 Å². The van der Waals surface area contributed by atoms with Crippen molar-refractivity contribution in [2.75, 3.05) is 9.80 Å². The molecule has 0 saturated heterocycles. The summed E-state index contributed by atoms with van der Waals surface area (Å²) < 4.78 is 8.33. The molecule has 0 saturated carbocycles. The second-order valence-corrected chi connectivity index (χ2v) is 19.0. The molecular weight excluding hydrogens is 857 g/mol. The highest BCUT2D eigenvalue weighted by Gasteiger charge is 2.52. The Morgan fingerprint density at radius 2 is 0.986 bits per heavy atom. The van der Waals surface area contributed by atoms with Crippen LogP contribution in [0, 0.1) is 0 Å². The topological polar surface area (TPSA) is 19.6 Å². The second kappa shape index (κ2) is 15.7. The van der Waals surface area contributed by atoms with Gasteiger partial charge < -0.3 is 9.32 Å². The average Bonchev–Trinajstić information content (AvgIpc) is 4.11. The van der Waals surface area contributed by atoms with Crippen molar-refractivity contribution >= 4 is 66.7 Å². The van der Waals surface area contributed by atoms with Gasteiger partial charge in [0.2, 0.25) is 5.88 Å². The number of furan rings is 1. The van der Waals surface area contributed by atoms with Gasteiger partial charge in [-0.1, -0.05) is 188 Å². The third kappa shape index (κ3) is 6.06. The molecular formula is C65H42N2OS. The molecule has 1 aliphatic carbocycles. The normalized spacial score (nSPS) is 13.0. The number of rotatable bonds is 7. The third-order valence-corrected chi connectivity index (χ3v) is 15.5. The fourth-order valence-electron chi connectivity index (χ4n) is 11.3. The Kier molecular flexibility index (Phi) is 8.98. The van der Waals surface area contributed by atoms with Gasteiger partial charge in [-0.05, 0) is 116 Å². The summed E-state index contributed by atoms with van der Waals surface area (Å²) in [7, 11) is 0. The van der Waals surface area contributed by atoms with E-state index in [1.165, 1.54) is 76.4 Å². The van der Waals surface area contributed by atoms with E-state index in [0.717, 1.165) is 45.0 Å². The highest BCUT2D eigenvalue weighted by atomic mass is 32.1. The van der Waals surface area contributed by atoms with Gasteiger partial charge in [0, 0.05) is 49.0 Å². The molecule has 0 atom stereocenters. The number of hydrogen-bond donors (Lipinski definition) is 0. The maximum Gasteiger partial charge on any atom is 0.205 e. The van der Waals surface area contributed by atoms with Crippen LogP contribution in [0.1, 0.15) is 22.3 Å². The standard InChI is InChI=1S/C65H42N2OS/c1-4-18-43(19-5-1)46-32-33-47-41-62(68-60(47)40-46)66(49-36-34-44(35-37-49)63-53-25-11-17-31-61(53)69-64(63)45-20-6-2-7-21-45)50-38-39-52-51-24-10-12-26-54(51)65(57(52)42-50)55-27-13-15-29-58(55)67(48-22-8-3-9-23-48)59-30-16-14-28-56(59)65/h1-42H. The molecule has 0 radical (unpaired) electrons. The summed E-state index contributed by atoms with van der Waals surface area (Å²) in [5, 5.41) is 2.31. The molecule has 0 N–H and O–H groups in total. The van der Waals surface area contributed by atoms with Gasteiger partial charge in [0.1, 0.15) is 5.58 Å². The number of fused-ring (bicyclic) bond motifs is 11. The van der Waals surface area contributed by atoms with Gasteiger partial charge in [0.05, 0.1) is 16.8 Å². The summed E-state index contributed by atoms with van der Waals surface area (Å²) in [6, 6.07) is 92.8. The van der Waals surface area contributed by atoms with Crippen LogP contribution in [0.3, 0.4) is 0 Å². The van der Waals surface area contributed by atoms with Gasteiger partial charge in [-0.2, -0.15) is 0 Å². The van der Waals surface area contributed by atoms with Crippen LogP contribution in [-0.4, -0.2) is 0 Å². The van der Waals surface area contributed by atoms with Crippen LogP contribution < -0.4 is 9.80 Å². The SMILES string of the molecule is c1ccc(-c2ccc3cc(N(c4ccc(-c5c(-c6ccccc6)sc6ccccc56)cc4)c4ccc5c(c4)C4(c6ccccc6-5)c5ccccc5N(c5ccccc5)c5ccccc54)oc3c2)cc1. The van der Waals surface area contributed by atoms with E-state index in [2.05, 4.69) is 265 Å². The number of hydrogen-bond acceptors (Lipinski definition) is 4. The molecule has 0 bridgehead atoms. The minimum absolute atomic E-state index is 0.609. The summed E-state index contributed by atoms with van der Waals surface area (Å²) in [6.45, 7) is 0. The van der Waals surface area contributed by atoms with Gasteiger partial charge >= 0.3 is 0 Å². The Hall–Kier alpha value is -8.70. The van der Waals surface area contributed by atoms with Crippen LogP contribution in [0.4, 0.5) is 34.3 Å². The van der Waals surface area contributed by atoms with Crippen molar-refractivity contribution in [3.8, 4) is 43.8 Å². The number of para-hydroxylation sites is 3. The lowest BCUT2D eigenvalue weighted by molar-refractivity contribution is 0.621. The molecule has 4 heteroatoms. The minimum Gasteiger partial charge on any atom is -0.440 e. The van der Waals surface area contributed by atoms with Crippen molar-refractivity contribution in [1.29, 1.82) is 0 Å². The third-order valence-electron chi connectivity index (χ3n) is 14.3. The van der Waals surface area contributed by atoms with Crippen molar-refractivity contribution < 1.29 is 4.42 Å². The number of nitrogens with zero attached hydrogens (tertiary/aromatic N) is 2. The van der Waals surface area contributed by atoms with Crippen molar-refractivity contribution in [3.05, 3.63) is 277 Å². The van der Waals surface area contributed by atoms with Crippen LogP contribution in [0.5, 0.6) is 0 Å². The Bertz CT molecular complexity index is 3860. The fourth-order valence-corrected chi connectivity index (χ4v) is 12.6. The molecule has 69 heavy (non-hydrogen) atoms. The van der Waals surface area contributed by atoms with E-state index in [0.29, 0.717) is 0 Å². The first-order chi connectivity index (χ1) is 34.2. The average molecular weight is 899 g/mol. The largest absolute Gasteiger partial charge is 0.440 e. The summed E-state index contributed by atoms with van der Waals surface area (Å²) >= 11 is 1.86. The summed E-state index contributed by atoms with van der Waals surface area (Å²) in [5.74, 6) is 0.748. The highest BCUT2D eigenvalue weighted by molar-refractivity contribution is 7.23. The number of thiophene rings is 1. The Morgan fingerprint density at radius 3 is 1.72 bits per heavy atom. The van der Waals surface area contributed by atoms with Gasteiger partial charge in [-0.3, -0.25) is 4.90 Å². The molecule has 10 aromatic carbocycles. The first kappa shape index (κ1) is 39.5. The van der Waals surface area contributed by atoms with Gasteiger partial charge in [-0.15, -0.1) is 11.3 Å². The lowest BCUT2D eigenvalue weighted by Crippen LogP contribution is -2.36. The summed E-state index contributed by atoms with van der Waals surface area (Å²) in [4.78, 5) is 6.02. The summed E-state index contributed by atoms with van der Waals surface area (Å²) in [6.07, 6.45) is 0. The van der Waals surface area contributed by atoms with Crippen LogP contribution in [0.15, 0.2) is 259 Å². The van der Waals surface area contributed by atoms with Crippen LogP contribution >= 0.6 is 11.3 Å². The zero-order valence-corrected chi connectivity index (χ0v) is 38.3. The maximum absolute atomic E-state index is 7.05. The molecule has 3 heterocycles. The highest BCUT2D eigenvalue weighted by Crippen LogP contribution is 2.64. The van der Waals surface area contributed by atoms with Crippen LogP contribution in [-0.2, 0) is 5.41 Å². The molecule has 12 aromatic rings. The second-order valence-electron chi connectivity index (χ2n) is 18.0. The zero-order chi connectivity index (χ0) is 45.5. The van der Waals surface area contributed by atoms with Crippen molar-refractivity contribution in [2.45, 2.75) is 5.41 Å². The molecule has 2 aliphatic rings. The van der Waals surface area contributed by atoms with E-state index < -0.39 is 5.41 Å². The van der Waals surface area contributed by atoms with E-state index in [9.17, 15) is 0 Å². The van der Waals surface area contributed by atoms with Crippen LogP contribution in [0.2, 0.25) is 0 Å². The van der Waals surface area contributed by atoms with E-state index in [1.54, 1.807) is 0 Å². The molecule has 1 aliphatic heterocycles. The Balaban J connectivity index is 0.988. The molecule has 14 rings (SSSR count). The number of anilines is 6. The molecule has 0 amide bonds. The van der Waals surface area contributed by atoms with E-state index in [-0.39, 0.29) is 0 Å². The van der Waals surface area contributed by atoms with Crippen molar-refractivity contribution in [3.63, 3.8) is 0 Å². The smallest absolute Gasteiger partial charge is 0.205 e. The van der Waals surface area contributed by atoms with Gasteiger partial charge in [-0.25, -0.2) is 0 Å². The molecule has 324 valence electrons. The molecule has 0 unspecified atom stereocenters. The predicted octanol–water partition coefficient (Wildman–Crippen LogP) is 18.3. The van der Waals surface area contributed by atoms with E-state index >= 15 is 0 Å². The predicted molar refractivity (Wildman–Crippen MR) is 288 cm³/mol. The molecule has 0 fully saturated rings. The number of benzene rings is 10. The minimum atomic E-state index is -0.609. The van der Waals surface area contributed by atoms with E-state index in [4.69, 9.17) is 4.42 Å². The first-order valence-corrected chi connectivity index (χ1v) is 24.4. The summed E-state index contributed by atoms with van der Waals surface area (Å²) in [5.41, 5.74) is 19.2. The fraction of sp³-hybridized carbons (Fsp3) is 0.0154. The molecule has 3 nitrogen and oxygen atoms in total. The Morgan fingerprint density at radius 1 is 0.406 bits per heavy atom. The Labute approximate surface area is 405 Å². The van der Waals surface area contributed by atoms with Crippen LogP contribution in [0.25, 0.3) is 64.9 Å².